The number of likely N-dealkylation sites (tertiary alicyclic amines) is 1. The number of ether oxygens (including phenoxy) is 1. The highest BCUT2D eigenvalue weighted by molar-refractivity contribution is 5.95. The normalized spacial score (nSPS) is 25.2. The van der Waals surface area contributed by atoms with Gasteiger partial charge in [-0.3, -0.25) is 4.79 Å². The van der Waals surface area contributed by atoms with Crippen LogP contribution in [-0.2, 0) is 6.42 Å². The van der Waals surface area contributed by atoms with Gasteiger partial charge in [-0.25, -0.2) is 0 Å². The van der Waals surface area contributed by atoms with Crippen LogP contribution in [-0.4, -0.2) is 36.5 Å². The maximum absolute atomic E-state index is 12.7. The molecule has 3 rings (SSSR count). The molecular weight excluding hydrogens is 252 g/mol. The van der Waals surface area contributed by atoms with Crippen LogP contribution < -0.4 is 10.5 Å². The Labute approximate surface area is 119 Å². The van der Waals surface area contributed by atoms with Crippen LogP contribution in [0.5, 0.6) is 5.75 Å². The zero-order chi connectivity index (χ0) is 14.1. The fourth-order valence-corrected chi connectivity index (χ4v) is 3.35. The molecule has 20 heavy (non-hydrogen) atoms. The van der Waals surface area contributed by atoms with Crippen molar-refractivity contribution in [2.24, 2.45) is 11.7 Å². The second kappa shape index (κ2) is 5.44. The number of nitrogens with zero attached hydrogens (tertiary/aromatic N) is 1. The van der Waals surface area contributed by atoms with Crippen LogP contribution >= 0.6 is 0 Å². The van der Waals surface area contributed by atoms with Gasteiger partial charge in [0.2, 0.25) is 0 Å². The molecule has 2 N–H and O–H groups in total. The minimum absolute atomic E-state index is 0.113. The number of fused-ring (bicyclic) bond motifs is 1. The summed E-state index contributed by atoms with van der Waals surface area (Å²) in [6, 6.07) is 5.94. The van der Waals surface area contributed by atoms with E-state index in [4.69, 9.17) is 10.5 Å². The van der Waals surface area contributed by atoms with Crippen LogP contribution in [0, 0.1) is 5.92 Å². The number of hydrogen-bond acceptors (Lipinski definition) is 3. The molecule has 2 aliphatic heterocycles. The highest BCUT2D eigenvalue weighted by Gasteiger charge is 2.31. The van der Waals surface area contributed by atoms with Gasteiger partial charge in [-0.2, -0.15) is 0 Å². The number of hydrogen-bond donors (Lipinski definition) is 1. The lowest BCUT2D eigenvalue weighted by Gasteiger charge is -2.39. The van der Waals surface area contributed by atoms with Gasteiger partial charge in [-0.1, -0.05) is 6.92 Å². The summed E-state index contributed by atoms with van der Waals surface area (Å²) < 4.78 is 5.49. The third kappa shape index (κ3) is 2.29. The van der Waals surface area contributed by atoms with Gasteiger partial charge in [0.05, 0.1) is 6.61 Å². The Morgan fingerprint density at radius 3 is 3.15 bits per heavy atom. The van der Waals surface area contributed by atoms with Crippen molar-refractivity contribution in [3.8, 4) is 5.75 Å². The van der Waals surface area contributed by atoms with Crippen molar-refractivity contribution in [2.45, 2.75) is 32.2 Å². The predicted molar refractivity (Wildman–Crippen MR) is 77.9 cm³/mol. The van der Waals surface area contributed by atoms with Crippen LogP contribution in [0.2, 0.25) is 0 Å². The van der Waals surface area contributed by atoms with Crippen molar-refractivity contribution in [3.05, 3.63) is 29.3 Å². The average molecular weight is 274 g/mol. The predicted octanol–water partition coefficient (Wildman–Crippen LogP) is 1.82. The Morgan fingerprint density at radius 1 is 1.50 bits per heavy atom. The minimum Gasteiger partial charge on any atom is -0.493 e. The molecule has 1 aromatic rings. The highest BCUT2D eigenvalue weighted by Crippen LogP contribution is 2.28. The average Bonchev–Trinajstić information content (AvgIpc) is 2.93. The van der Waals surface area contributed by atoms with Gasteiger partial charge < -0.3 is 15.4 Å². The second-order valence-corrected chi connectivity index (χ2v) is 5.84. The first kappa shape index (κ1) is 13.4. The summed E-state index contributed by atoms with van der Waals surface area (Å²) in [7, 11) is 0. The van der Waals surface area contributed by atoms with E-state index in [1.165, 1.54) is 0 Å². The summed E-state index contributed by atoms with van der Waals surface area (Å²) >= 11 is 0. The van der Waals surface area contributed by atoms with Gasteiger partial charge >= 0.3 is 0 Å². The quantitative estimate of drug-likeness (QED) is 0.895. The second-order valence-electron chi connectivity index (χ2n) is 5.84. The number of benzene rings is 1. The highest BCUT2D eigenvalue weighted by atomic mass is 16.5. The first-order chi connectivity index (χ1) is 9.70. The molecule has 0 spiro atoms. The molecule has 1 saturated heterocycles. The van der Waals surface area contributed by atoms with E-state index in [2.05, 4.69) is 6.92 Å². The molecule has 108 valence electrons. The summed E-state index contributed by atoms with van der Waals surface area (Å²) in [5.41, 5.74) is 7.79. The SMILES string of the molecule is C[C@@H]1CCCN(C(=O)c2ccc3c(c2)CCO3)[C@@H]1CN. The zero-order valence-electron chi connectivity index (χ0n) is 12.0. The molecule has 1 aromatic carbocycles. The zero-order valence-corrected chi connectivity index (χ0v) is 12.0. The van der Waals surface area contributed by atoms with Gasteiger partial charge in [-0.15, -0.1) is 0 Å². The fourth-order valence-electron chi connectivity index (χ4n) is 3.35. The van der Waals surface area contributed by atoms with Gasteiger partial charge in [-0.05, 0) is 42.5 Å². The first-order valence-corrected chi connectivity index (χ1v) is 7.47. The lowest BCUT2D eigenvalue weighted by molar-refractivity contribution is 0.0532. The first-order valence-electron chi connectivity index (χ1n) is 7.47. The van der Waals surface area contributed by atoms with Crippen LogP contribution in [0.4, 0.5) is 0 Å². The van der Waals surface area contributed by atoms with E-state index in [1.54, 1.807) is 0 Å². The van der Waals surface area contributed by atoms with E-state index in [0.717, 1.165) is 49.3 Å². The fraction of sp³-hybridized carbons (Fsp3) is 0.562. The van der Waals surface area contributed by atoms with E-state index in [1.807, 2.05) is 23.1 Å². The summed E-state index contributed by atoms with van der Waals surface area (Å²) in [5.74, 6) is 1.51. The van der Waals surface area contributed by atoms with Gasteiger partial charge in [0.25, 0.3) is 5.91 Å². The van der Waals surface area contributed by atoms with Crippen molar-refractivity contribution in [1.29, 1.82) is 0 Å². The molecule has 4 heteroatoms. The number of piperidine rings is 1. The molecule has 1 amide bonds. The molecule has 4 nitrogen and oxygen atoms in total. The standard InChI is InChI=1S/C16H22N2O2/c1-11-3-2-7-18(14(11)10-17)16(19)13-4-5-15-12(9-13)6-8-20-15/h4-5,9,11,14H,2-3,6-8,10,17H2,1H3/t11-,14-/m1/s1. The Bertz CT molecular complexity index is 515. The summed E-state index contributed by atoms with van der Waals surface area (Å²) in [5, 5.41) is 0. The smallest absolute Gasteiger partial charge is 0.254 e. The number of nitrogens with two attached hydrogens (primary N) is 1. The van der Waals surface area contributed by atoms with Gasteiger partial charge in [0.15, 0.2) is 0 Å². The number of carbonyl (C=O) groups is 1. The molecule has 0 aromatic heterocycles. The molecule has 1 fully saturated rings. The summed E-state index contributed by atoms with van der Waals surface area (Å²) in [6.45, 7) is 4.27. The molecular formula is C16H22N2O2. The maximum Gasteiger partial charge on any atom is 0.254 e. The van der Waals surface area contributed by atoms with Crippen molar-refractivity contribution in [3.63, 3.8) is 0 Å². The third-order valence-corrected chi connectivity index (χ3v) is 4.55. The molecule has 0 radical (unpaired) electrons. The Hall–Kier alpha value is -1.55. The molecule has 2 atom stereocenters. The third-order valence-electron chi connectivity index (χ3n) is 4.55. The lowest BCUT2D eigenvalue weighted by Crippen LogP contribution is -2.51. The molecule has 0 aliphatic carbocycles. The van der Waals surface area contributed by atoms with E-state index < -0.39 is 0 Å². The van der Waals surface area contributed by atoms with Gasteiger partial charge in [0, 0.05) is 31.1 Å². The van der Waals surface area contributed by atoms with Crippen LogP contribution in [0.15, 0.2) is 18.2 Å². The van der Waals surface area contributed by atoms with E-state index in [0.29, 0.717) is 12.5 Å². The Morgan fingerprint density at radius 2 is 2.35 bits per heavy atom. The number of rotatable bonds is 2. The monoisotopic (exact) mass is 274 g/mol. The molecule has 0 saturated carbocycles. The van der Waals surface area contributed by atoms with E-state index in [-0.39, 0.29) is 11.9 Å². The largest absolute Gasteiger partial charge is 0.493 e. The van der Waals surface area contributed by atoms with Crippen molar-refractivity contribution in [1.82, 2.24) is 4.90 Å². The van der Waals surface area contributed by atoms with Crippen LogP contribution in [0.3, 0.4) is 0 Å². The minimum atomic E-state index is 0.113. The van der Waals surface area contributed by atoms with Crippen molar-refractivity contribution >= 4 is 5.91 Å². The van der Waals surface area contributed by atoms with Crippen molar-refractivity contribution in [2.75, 3.05) is 19.7 Å². The maximum atomic E-state index is 12.7. The number of carbonyl (C=O) groups excluding carboxylic acids is 1. The van der Waals surface area contributed by atoms with E-state index >= 15 is 0 Å². The number of amides is 1. The Kier molecular flexibility index (Phi) is 3.66. The molecule has 0 bridgehead atoms. The molecule has 2 heterocycles. The van der Waals surface area contributed by atoms with Crippen molar-refractivity contribution < 1.29 is 9.53 Å². The lowest BCUT2D eigenvalue weighted by atomic mass is 9.90. The summed E-state index contributed by atoms with van der Waals surface area (Å²) in [6.07, 6.45) is 3.12. The van der Waals surface area contributed by atoms with Crippen LogP contribution in [0.1, 0.15) is 35.7 Å². The van der Waals surface area contributed by atoms with E-state index in [9.17, 15) is 4.79 Å². The summed E-state index contributed by atoms with van der Waals surface area (Å²) in [4.78, 5) is 14.7. The van der Waals surface area contributed by atoms with Gasteiger partial charge in [0.1, 0.15) is 5.75 Å². The topological polar surface area (TPSA) is 55.6 Å². The molecule has 2 aliphatic rings. The Balaban J connectivity index is 1.84. The molecule has 0 unspecified atom stereocenters. The van der Waals surface area contributed by atoms with Crippen LogP contribution in [0.25, 0.3) is 0 Å².